The van der Waals surface area contributed by atoms with Gasteiger partial charge in [0.05, 0.1) is 0 Å². The first-order chi connectivity index (χ1) is 9.39. The van der Waals surface area contributed by atoms with Crippen molar-refractivity contribution in [1.29, 1.82) is 0 Å². The quantitative estimate of drug-likeness (QED) is 0.583. The molecular formula is C19H28O2. The van der Waals surface area contributed by atoms with Gasteiger partial charge in [-0.1, -0.05) is 61.5 Å². The summed E-state index contributed by atoms with van der Waals surface area (Å²) in [6.07, 6.45) is 0.820. The zero-order valence-electron chi connectivity index (χ0n) is 14.6. The molecule has 0 saturated carbocycles. The Kier molecular flexibility index (Phi) is 4.82. The maximum Gasteiger partial charge on any atom is 0.166 e. The molecule has 2 nitrogen and oxygen atoms in total. The van der Waals surface area contributed by atoms with Crippen molar-refractivity contribution in [1.82, 2.24) is 0 Å². The van der Waals surface area contributed by atoms with Gasteiger partial charge < -0.3 is 0 Å². The molecule has 0 aliphatic heterocycles. The van der Waals surface area contributed by atoms with Crippen molar-refractivity contribution in [3.8, 4) is 0 Å². The number of benzene rings is 1. The predicted octanol–water partition coefficient (Wildman–Crippen LogP) is 4.93. The summed E-state index contributed by atoms with van der Waals surface area (Å²) < 4.78 is 0. The molecule has 1 rings (SSSR count). The molecule has 1 aromatic rings. The Morgan fingerprint density at radius 1 is 1.00 bits per heavy atom. The number of carbonyl (C=O) groups excluding carboxylic acids is 2. The molecule has 116 valence electrons. The van der Waals surface area contributed by atoms with Gasteiger partial charge in [0.25, 0.3) is 0 Å². The number of hydrogen-bond acceptors (Lipinski definition) is 2. The second-order valence-electron chi connectivity index (χ2n) is 8.12. The molecule has 0 aromatic heterocycles. The Morgan fingerprint density at radius 3 is 1.86 bits per heavy atom. The molecule has 0 amide bonds. The lowest BCUT2D eigenvalue weighted by atomic mass is 9.75. The predicted molar refractivity (Wildman–Crippen MR) is 88.4 cm³/mol. The summed E-state index contributed by atoms with van der Waals surface area (Å²) in [5, 5.41) is 0. The average molecular weight is 288 g/mol. The molecule has 0 fully saturated rings. The highest BCUT2D eigenvalue weighted by Crippen LogP contribution is 2.34. The summed E-state index contributed by atoms with van der Waals surface area (Å²) in [6, 6.07) is 3.97. The Bertz CT molecular complexity index is 552. The third-order valence-electron chi connectivity index (χ3n) is 3.74. The molecule has 0 aliphatic rings. The lowest BCUT2D eigenvalue weighted by Crippen LogP contribution is -2.24. The Hall–Kier alpha value is -1.44. The molecule has 0 unspecified atom stereocenters. The van der Waals surface area contributed by atoms with Crippen molar-refractivity contribution in [3.63, 3.8) is 0 Å². The molecule has 0 spiro atoms. The van der Waals surface area contributed by atoms with Crippen molar-refractivity contribution in [2.75, 3.05) is 0 Å². The van der Waals surface area contributed by atoms with E-state index in [1.54, 1.807) is 0 Å². The van der Waals surface area contributed by atoms with Crippen LogP contribution in [0, 0.1) is 5.92 Å². The van der Waals surface area contributed by atoms with Gasteiger partial charge in [0, 0.05) is 17.0 Å². The van der Waals surface area contributed by atoms with Crippen molar-refractivity contribution in [2.45, 2.75) is 66.2 Å². The summed E-state index contributed by atoms with van der Waals surface area (Å²) in [6.45, 7) is 16.4. The number of carbonyl (C=O) groups is 2. The maximum absolute atomic E-state index is 12.6. The number of Topliss-reactive ketones (excluding diaryl/α,β-unsaturated/α-hetero) is 1. The van der Waals surface area contributed by atoms with Crippen LogP contribution in [0.15, 0.2) is 12.1 Å². The fourth-order valence-corrected chi connectivity index (χ4v) is 2.35. The van der Waals surface area contributed by atoms with Crippen molar-refractivity contribution >= 4 is 12.1 Å². The first-order valence-corrected chi connectivity index (χ1v) is 7.58. The Morgan fingerprint density at radius 2 is 1.52 bits per heavy atom. The van der Waals surface area contributed by atoms with Gasteiger partial charge in [-0.2, -0.15) is 0 Å². The third kappa shape index (κ3) is 3.81. The van der Waals surface area contributed by atoms with Crippen LogP contribution in [-0.2, 0) is 10.8 Å². The number of hydrogen-bond donors (Lipinski definition) is 0. The van der Waals surface area contributed by atoms with Crippen LogP contribution in [0.1, 0.15) is 87.2 Å². The van der Waals surface area contributed by atoms with E-state index in [0.29, 0.717) is 11.1 Å². The largest absolute Gasteiger partial charge is 0.298 e. The van der Waals surface area contributed by atoms with E-state index in [1.165, 1.54) is 0 Å². The lowest BCUT2D eigenvalue weighted by Gasteiger charge is -2.28. The van der Waals surface area contributed by atoms with Gasteiger partial charge in [0.15, 0.2) is 12.1 Å². The molecule has 0 N–H and O–H groups in total. The van der Waals surface area contributed by atoms with Crippen molar-refractivity contribution in [3.05, 3.63) is 34.4 Å². The van der Waals surface area contributed by atoms with E-state index in [4.69, 9.17) is 0 Å². The zero-order chi connectivity index (χ0) is 16.6. The second kappa shape index (κ2) is 5.75. The molecule has 0 aliphatic carbocycles. The number of rotatable bonds is 3. The van der Waals surface area contributed by atoms with Gasteiger partial charge >= 0.3 is 0 Å². The topological polar surface area (TPSA) is 34.1 Å². The number of ketones is 1. The third-order valence-corrected chi connectivity index (χ3v) is 3.74. The molecule has 2 heteroatoms. The van der Waals surface area contributed by atoms with E-state index in [9.17, 15) is 9.59 Å². The average Bonchev–Trinajstić information content (AvgIpc) is 2.33. The summed E-state index contributed by atoms with van der Waals surface area (Å²) in [7, 11) is 0. The summed E-state index contributed by atoms with van der Waals surface area (Å²) in [5.74, 6) is -0.0761. The molecule has 21 heavy (non-hydrogen) atoms. The summed E-state index contributed by atoms with van der Waals surface area (Å²) >= 11 is 0. The van der Waals surface area contributed by atoms with Crippen LogP contribution in [0.4, 0.5) is 0 Å². The zero-order valence-corrected chi connectivity index (χ0v) is 14.6. The maximum atomic E-state index is 12.6. The van der Waals surface area contributed by atoms with Crippen LogP contribution < -0.4 is 0 Å². The minimum atomic E-state index is -0.182. The van der Waals surface area contributed by atoms with E-state index in [0.717, 1.165) is 17.4 Å². The van der Waals surface area contributed by atoms with Crippen LogP contribution in [0.25, 0.3) is 0 Å². The minimum absolute atomic E-state index is 0.0440. The smallest absolute Gasteiger partial charge is 0.166 e. The molecule has 0 saturated heterocycles. The van der Waals surface area contributed by atoms with Crippen molar-refractivity contribution in [2.24, 2.45) is 5.92 Å². The van der Waals surface area contributed by atoms with Crippen LogP contribution >= 0.6 is 0 Å². The van der Waals surface area contributed by atoms with Crippen LogP contribution in [-0.4, -0.2) is 12.1 Å². The minimum Gasteiger partial charge on any atom is -0.298 e. The van der Waals surface area contributed by atoms with E-state index in [2.05, 4.69) is 47.6 Å². The highest BCUT2D eigenvalue weighted by atomic mass is 16.1. The van der Waals surface area contributed by atoms with Gasteiger partial charge in [0.2, 0.25) is 0 Å². The molecular weight excluding hydrogens is 260 g/mol. The fourth-order valence-electron chi connectivity index (χ4n) is 2.35. The van der Waals surface area contributed by atoms with Crippen LogP contribution in [0.5, 0.6) is 0 Å². The Balaban J connectivity index is 3.77. The first kappa shape index (κ1) is 17.6. The monoisotopic (exact) mass is 288 g/mol. The fraction of sp³-hybridized carbons (Fsp3) is 0.579. The molecule has 1 aromatic carbocycles. The van der Waals surface area contributed by atoms with E-state index in [-0.39, 0.29) is 22.5 Å². The van der Waals surface area contributed by atoms with Gasteiger partial charge in [-0.05, 0) is 28.0 Å². The highest BCUT2D eigenvalue weighted by Gasteiger charge is 2.28. The lowest BCUT2D eigenvalue weighted by molar-refractivity contribution is 0.0932. The van der Waals surface area contributed by atoms with Crippen LogP contribution in [0.3, 0.4) is 0 Å². The standard InChI is InChI=1S/C19H28O2/c1-12(2)17(21)16-13(11-20)9-14(18(3,4)5)10-15(16)19(6,7)8/h9-12H,1-8H3. The van der Waals surface area contributed by atoms with E-state index < -0.39 is 0 Å². The van der Waals surface area contributed by atoms with Crippen LogP contribution in [0.2, 0.25) is 0 Å². The number of aldehydes is 1. The van der Waals surface area contributed by atoms with E-state index in [1.807, 2.05) is 19.9 Å². The Labute approximate surface area is 128 Å². The summed E-state index contributed by atoms with van der Waals surface area (Å²) in [4.78, 5) is 24.2. The van der Waals surface area contributed by atoms with Gasteiger partial charge in [-0.15, -0.1) is 0 Å². The molecule has 0 radical (unpaired) electrons. The molecule has 0 atom stereocenters. The van der Waals surface area contributed by atoms with E-state index >= 15 is 0 Å². The SMILES string of the molecule is CC(C)C(=O)c1c(C=O)cc(C(C)(C)C)cc1C(C)(C)C. The van der Waals surface area contributed by atoms with Crippen molar-refractivity contribution < 1.29 is 9.59 Å². The summed E-state index contributed by atoms with van der Waals surface area (Å²) in [5.41, 5.74) is 2.94. The van der Waals surface area contributed by atoms with Gasteiger partial charge in [0.1, 0.15) is 0 Å². The molecule has 0 bridgehead atoms. The normalized spacial score (nSPS) is 12.6. The molecule has 0 heterocycles. The second-order valence-corrected chi connectivity index (χ2v) is 8.12. The van der Waals surface area contributed by atoms with Gasteiger partial charge in [-0.25, -0.2) is 0 Å². The highest BCUT2D eigenvalue weighted by molar-refractivity contribution is 6.05. The van der Waals surface area contributed by atoms with Gasteiger partial charge in [-0.3, -0.25) is 9.59 Å². The first-order valence-electron chi connectivity index (χ1n) is 7.58.